The first-order valence-corrected chi connectivity index (χ1v) is 9.94. The fourth-order valence-electron chi connectivity index (χ4n) is 4.13. The first-order valence-electron chi connectivity index (χ1n) is 9.94. The van der Waals surface area contributed by atoms with Crippen molar-refractivity contribution in [2.24, 2.45) is 0 Å². The highest BCUT2D eigenvalue weighted by atomic mass is 16.2. The number of aryl methyl sites for hydroxylation is 2. The third-order valence-electron chi connectivity index (χ3n) is 5.64. The Morgan fingerprint density at radius 3 is 2.19 bits per heavy atom. The molecule has 1 amide bonds. The largest absolute Gasteiger partial charge is 0.372 e. The molecule has 0 saturated carbocycles. The SMILES string of the molecule is Cc1cnc(N2CCN(C(=O)c3ccc(N4CCCC4)cc3)CC2)c(C)c1. The maximum absolute atomic E-state index is 12.9. The molecule has 2 aliphatic heterocycles. The van der Waals surface area contributed by atoms with Gasteiger partial charge in [-0.3, -0.25) is 4.79 Å². The lowest BCUT2D eigenvalue weighted by atomic mass is 10.1. The molecule has 1 aromatic heterocycles. The molecule has 142 valence electrons. The van der Waals surface area contributed by atoms with Crippen molar-refractivity contribution >= 4 is 17.4 Å². The zero-order valence-electron chi connectivity index (χ0n) is 16.3. The molecule has 0 N–H and O–H groups in total. The molecule has 2 aliphatic rings. The molecule has 0 atom stereocenters. The van der Waals surface area contributed by atoms with Crippen LogP contribution >= 0.6 is 0 Å². The van der Waals surface area contributed by atoms with Crippen LogP contribution in [-0.2, 0) is 0 Å². The topological polar surface area (TPSA) is 39.7 Å². The van der Waals surface area contributed by atoms with Gasteiger partial charge in [0.2, 0.25) is 0 Å². The summed E-state index contributed by atoms with van der Waals surface area (Å²) in [5, 5.41) is 0. The molecular weight excluding hydrogens is 336 g/mol. The third-order valence-corrected chi connectivity index (χ3v) is 5.64. The Kier molecular flexibility index (Phi) is 5.01. The monoisotopic (exact) mass is 364 g/mol. The van der Waals surface area contributed by atoms with Crippen molar-refractivity contribution in [3.05, 3.63) is 53.2 Å². The number of piperazine rings is 1. The van der Waals surface area contributed by atoms with Crippen molar-refractivity contribution in [1.29, 1.82) is 0 Å². The lowest BCUT2D eigenvalue weighted by Gasteiger charge is -2.36. The second-order valence-corrected chi connectivity index (χ2v) is 7.67. The predicted octanol–water partition coefficient (Wildman–Crippen LogP) is 3.26. The number of aromatic nitrogens is 1. The highest BCUT2D eigenvalue weighted by molar-refractivity contribution is 5.94. The smallest absolute Gasteiger partial charge is 0.253 e. The number of anilines is 2. The fourth-order valence-corrected chi connectivity index (χ4v) is 4.13. The summed E-state index contributed by atoms with van der Waals surface area (Å²) in [7, 11) is 0. The van der Waals surface area contributed by atoms with Crippen LogP contribution in [0.25, 0.3) is 0 Å². The molecular formula is C22H28N4O. The molecule has 5 heteroatoms. The van der Waals surface area contributed by atoms with Crippen LogP contribution in [-0.4, -0.2) is 55.1 Å². The summed E-state index contributed by atoms with van der Waals surface area (Å²) in [6.45, 7) is 9.56. The molecule has 5 nitrogen and oxygen atoms in total. The number of benzene rings is 1. The van der Waals surface area contributed by atoms with Crippen LogP contribution in [0.15, 0.2) is 36.5 Å². The average molecular weight is 364 g/mol. The van der Waals surface area contributed by atoms with E-state index in [-0.39, 0.29) is 5.91 Å². The molecule has 1 aromatic carbocycles. The van der Waals surface area contributed by atoms with Gasteiger partial charge in [-0.25, -0.2) is 4.98 Å². The van der Waals surface area contributed by atoms with Crippen molar-refractivity contribution in [1.82, 2.24) is 9.88 Å². The normalized spacial score (nSPS) is 17.5. The quantitative estimate of drug-likeness (QED) is 0.838. The fraction of sp³-hybridized carbons (Fsp3) is 0.455. The minimum atomic E-state index is 0.135. The lowest BCUT2D eigenvalue weighted by Crippen LogP contribution is -2.49. The van der Waals surface area contributed by atoms with Gasteiger partial charge in [-0.05, 0) is 62.1 Å². The van der Waals surface area contributed by atoms with Crippen molar-refractivity contribution in [2.45, 2.75) is 26.7 Å². The van der Waals surface area contributed by atoms with Crippen LogP contribution in [0.1, 0.15) is 34.3 Å². The molecule has 27 heavy (non-hydrogen) atoms. The van der Waals surface area contributed by atoms with Gasteiger partial charge >= 0.3 is 0 Å². The van der Waals surface area contributed by atoms with Gasteiger partial charge in [0.05, 0.1) is 0 Å². The second-order valence-electron chi connectivity index (χ2n) is 7.67. The molecule has 2 aromatic rings. The standard InChI is InChI=1S/C22H28N4O/c1-17-15-18(2)21(23-16-17)25-11-13-26(14-12-25)22(27)19-5-7-20(8-6-19)24-9-3-4-10-24/h5-8,15-16H,3-4,9-14H2,1-2H3. The summed E-state index contributed by atoms with van der Waals surface area (Å²) in [5.41, 5.74) is 4.40. The van der Waals surface area contributed by atoms with Gasteiger partial charge < -0.3 is 14.7 Å². The maximum atomic E-state index is 12.9. The first kappa shape index (κ1) is 17.8. The van der Waals surface area contributed by atoms with Crippen molar-refractivity contribution in [2.75, 3.05) is 49.1 Å². The van der Waals surface area contributed by atoms with Crippen LogP contribution < -0.4 is 9.80 Å². The second kappa shape index (κ2) is 7.59. The zero-order chi connectivity index (χ0) is 18.8. The lowest BCUT2D eigenvalue weighted by molar-refractivity contribution is 0.0746. The molecule has 2 fully saturated rings. The van der Waals surface area contributed by atoms with Gasteiger partial charge in [-0.1, -0.05) is 6.07 Å². The molecule has 2 saturated heterocycles. The molecule has 3 heterocycles. The minimum absolute atomic E-state index is 0.135. The molecule has 0 spiro atoms. The minimum Gasteiger partial charge on any atom is -0.372 e. The number of rotatable bonds is 3. The highest BCUT2D eigenvalue weighted by Gasteiger charge is 2.24. The Bertz CT molecular complexity index is 804. The first-order chi connectivity index (χ1) is 13.1. The molecule has 0 radical (unpaired) electrons. The Balaban J connectivity index is 1.38. The van der Waals surface area contributed by atoms with Gasteiger partial charge in [0.15, 0.2) is 0 Å². The summed E-state index contributed by atoms with van der Waals surface area (Å²) in [4.78, 5) is 24.1. The number of pyridine rings is 1. The van der Waals surface area contributed by atoms with E-state index in [4.69, 9.17) is 0 Å². The van der Waals surface area contributed by atoms with E-state index in [2.05, 4.69) is 46.8 Å². The van der Waals surface area contributed by atoms with Crippen molar-refractivity contribution < 1.29 is 4.79 Å². The summed E-state index contributed by atoms with van der Waals surface area (Å²) in [6, 6.07) is 10.3. The van der Waals surface area contributed by atoms with Gasteiger partial charge in [-0.15, -0.1) is 0 Å². The van der Waals surface area contributed by atoms with Crippen LogP contribution in [0.3, 0.4) is 0 Å². The van der Waals surface area contributed by atoms with E-state index in [9.17, 15) is 4.79 Å². The van der Waals surface area contributed by atoms with Gasteiger partial charge in [0.1, 0.15) is 5.82 Å². The van der Waals surface area contributed by atoms with E-state index in [0.717, 1.165) is 50.6 Å². The number of carbonyl (C=O) groups excluding carboxylic acids is 1. The number of hydrogen-bond acceptors (Lipinski definition) is 4. The maximum Gasteiger partial charge on any atom is 0.253 e. The summed E-state index contributed by atoms with van der Waals surface area (Å²) in [5.74, 6) is 1.18. The van der Waals surface area contributed by atoms with Gasteiger partial charge in [0.25, 0.3) is 5.91 Å². The van der Waals surface area contributed by atoms with E-state index in [1.54, 1.807) is 0 Å². The van der Waals surface area contributed by atoms with Crippen molar-refractivity contribution in [3.63, 3.8) is 0 Å². The van der Waals surface area contributed by atoms with Crippen LogP contribution in [0, 0.1) is 13.8 Å². The number of nitrogens with zero attached hydrogens (tertiary/aromatic N) is 4. The van der Waals surface area contributed by atoms with Gasteiger partial charge in [-0.2, -0.15) is 0 Å². The number of amides is 1. The molecule has 0 unspecified atom stereocenters. The number of hydrogen-bond donors (Lipinski definition) is 0. The van der Waals surface area contributed by atoms with E-state index in [0.29, 0.717) is 0 Å². The molecule has 0 aliphatic carbocycles. The van der Waals surface area contributed by atoms with Crippen LogP contribution in [0.5, 0.6) is 0 Å². The highest BCUT2D eigenvalue weighted by Crippen LogP contribution is 2.22. The Labute approximate surface area is 161 Å². The van der Waals surface area contributed by atoms with E-state index < -0.39 is 0 Å². The molecule has 0 bridgehead atoms. The summed E-state index contributed by atoms with van der Waals surface area (Å²) in [6.07, 6.45) is 4.45. The van der Waals surface area contributed by atoms with Crippen molar-refractivity contribution in [3.8, 4) is 0 Å². The van der Waals surface area contributed by atoms with E-state index >= 15 is 0 Å². The predicted molar refractivity (Wildman–Crippen MR) is 110 cm³/mol. The van der Waals surface area contributed by atoms with E-state index in [1.165, 1.54) is 29.7 Å². The van der Waals surface area contributed by atoms with Gasteiger partial charge in [0, 0.05) is 56.7 Å². The Hall–Kier alpha value is -2.56. The summed E-state index contributed by atoms with van der Waals surface area (Å²) < 4.78 is 0. The summed E-state index contributed by atoms with van der Waals surface area (Å²) >= 11 is 0. The number of carbonyl (C=O) groups is 1. The molecule has 4 rings (SSSR count). The zero-order valence-corrected chi connectivity index (χ0v) is 16.3. The third kappa shape index (κ3) is 3.77. The van der Waals surface area contributed by atoms with Crippen LogP contribution in [0.4, 0.5) is 11.5 Å². The Morgan fingerprint density at radius 2 is 1.56 bits per heavy atom. The average Bonchev–Trinajstić information content (AvgIpc) is 3.23. The Morgan fingerprint density at radius 1 is 0.889 bits per heavy atom. The van der Waals surface area contributed by atoms with Crippen LogP contribution in [0.2, 0.25) is 0 Å². The van der Waals surface area contributed by atoms with E-state index in [1.807, 2.05) is 23.2 Å².